The van der Waals surface area contributed by atoms with Crippen LogP contribution in [0.3, 0.4) is 0 Å². The number of nitrogens with one attached hydrogen (secondary N) is 1. The SMILES string of the molecule is CC.CC.Cc1ccccc1C1(C2N=C(c3ccnn3C3CCC(C(=O)O)CC3)ON2)CC1. The Bertz CT molecular complexity index is 956. The molecule has 1 atom stereocenters. The summed E-state index contributed by atoms with van der Waals surface area (Å²) in [5, 5.41) is 13.7. The number of benzene rings is 1. The molecule has 0 saturated heterocycles. The molecule has 2 fully saturated rings. The van der Waals surface area contributed by atoms with Crippen molar-refractivity contribution in [2.45, 2.75) is 90.8 Å². The minimum Gasteiger partial charge on any atom is -0.481 e. The molecule has 1 aromatic carbocycles. The van der Waals surface area contributed by atoms with Crippen LogP contribution < -0.4 is 5.48 Å². The molecule has 0 bridgehead atoms. The van der Waals surface area contributed by atoms with Crippen molar-refractivity contribution >= 4 is 11.9 Å². The number of aliphatic carboxylic acids is 1. The van der Waals surface area contributed by atoms with Crippen LogP contribution in [0.2, 0.25) is 0 Å². The van der Waals surface area contributed by atoms with Crippen LogP contribution in [0.1, 0.15) is 89.1 Å². The maximum absolute atomic E-state index is 11.2. The molecule has 0 radical (unpaired) electrons. The molecule has 2 saturated carbocycles. The fourth-order valence-corrected chi connectivity index (χ4v) is 4.93. The highest BCUT2D eigenvalue weighted by molar-refractivity contribution is 5.93. The van der Waals surface area contributed by atoms with E-state index >= 15 is 0 Å². The molecule has 1 aliphatic heterocycles. The smallest absolute Gasteiger partial charge is 0.306 e. The van der Waals surface area contributed by atoms with Gasteiger partial charge in [-0.2, -0.15) is 5.10 Å². The fraction of sp³-hybridized carbons (Fsp3) is 0.577. The van der Waals surface area contributed by atoms with Crippen molar-refractivity contribution < 1.29 is 14.7 Å². The Morgan fingerprint density at radius 2 is 1.76 bits per heavy atom. The van der Waals surface area contributed by atoms with Crippen LogP contribution >= 0.6 is 0 Å². The lowest BCUT2D eigenvalue weighted by Gasteiger charge is -2.27. The van der Waals surface area contributed by atoms with Crippen molar-refractivity contribution in [2.75, 3.05) is 0 Å². The van der Waals surface area contributed by atoms with Crippen LogP contribution in [0.4, 0.5) is 0 Å². The molecular formula is C26H38N4O3. The maximum atomic E-state index is 11.2. The summed E-state index contributed by atoms with van der Waals surface area (Å²) in [6.45, 7) is 10.2. The minimum atomic E-state index is -0.689. The van der Waals surface area contributed by atoms with Gasteiger partial charge in [0.1, 0.15) is 11.9 Å². The van der Waals surface area contributed by atoms with Gasteiger partial charge in [-0.1, -0.05) is 52.0 Å². The zero-order chi connectivity index (χ0) is 24.0. The highest BCUT2D eigenvalue weighted by Gasteiger charge is 2.54. The number of rotatable bonds is 5. The third kappa shape index (κ3) is 4.98. The number of hydrogen-bond donors (Lipinski definition) is 2. The lowest BCUT2D eigenvalue weighted by atomic mass is 9.86. The number of carboxylic acids is 1. The average Bonchev–Trinajstić information content (AvgIpc) is 3.26. The highest BCUT2D eigenvalue weighted by Crippen LogP contribution is 2.53. The Hall–Kier alpha value is -2.67. The zero-order valence-electron chi connectivity index (χ0n) is 20.5. The summed E-state index contributed by atoms with van der Waals surface area (Å²) in [4.78, 5) is 22.0. The Morgan fingerprint density at radius 1 is 1.09 bits per heavy atom. The van der Waals surface area contributed by atoms with E-state index in [0.717, 1.165) is 31.4 Å². The van der Waals surface area contributed by atoms with E-state index < -0.39 is 5.97 Å². The van der Waals surface area contributed by atoms with Gasteiger partial charge in [0.25, 0.3) is 5.90 Å². The molecule has 2 aromatic rings. The molecule has 1 unspecified atom stereocenters. The summed E-state index contributed by atoms with van der Waals surface area (Å²) >= 11 is 0. The van der Waals surface area contributed by atoms with E-state index in [4.69, 9.17) is 9.83 Å². The third-order valence-electron chi connectivity index (χ3n) is 6.79. The Morgan fingerprint density at radius 3 is 2.36 bits per heavy atom. The molecule has 0 spiro atoms. The van der Waals surface area contributed by atoms with Crippen molar-refractivity contribution in [2.24, 2.45) is 10.9 Å². The average molecular weight is 455 g/mol. The number of aryl methyl sites for hydroxylation is 1. The van der Waals surface area contributed by atoms with E-state index in [1.807, 2.05) is 38.4 Å². The fourth-order valence-electron chi connectivity index (χ4n) is 4.93. The minimum absolute atomic E-state index is 0.00249. The van der Waals surface area contributed by atoms with E-state index in [0.29, 0.717) is 18.7 Å². The molecule has 7 nitrogen and oxygen atoms in total. The third-order valence-corrected chi connectivity index (χ3v) is 6.79. The standard InChI is InChI=1S/C22H26N4O3.2C2H6/c1-14-4-2-3-5-17(14)22(11-12-22)21-24-19(29-25-21)18-10-13-23-26(18)16-8-6-15(7-9-16)20(27)28;2*1-2/h2-5,10,13,15-16,21,25H,6-9,11-12H2,1H3,(H,27,28);2*1-2H3. The summed E-state index contributed by atoms with van der Waals surface area (Å²) < 4.78 is 1.97. The number of hydroxylamine groups is 1. The Balaban J connectivity index is 0.000000728. The second-order valence-corrected chi connectivity index (χ2v) is 8.53. The molecule has 180 valence electrons. The molecule has 2 heterocycles. The summed E-state index contributed by atoms with van der Waals surface area (Å²) in [5.41, 5.74) is 6.64. The summed E-state index contributed by atoms with van der Waals surface area (Å²) in [7, 11) is 0. The molecule has 33 heavy (non-hydrogen) atoms. The van der Waals surface area contributed by atoms with Crippen LogP contribution in [0.5, 0.6) is 0 Å². The van der Waals surface area contributed by atoms with Crippen molar-refractivity contribution in [3.63, 3.8) is 0 Å². The van der Waals surface area contributed by atoms with Gasteiger partial charge in [-0.3, -0.25) is 9.48 Å². The second-order valence-electron chi connectivity index (χ2n) is 8.53. The van der Waals surface area contributed by atoms with Crippen LogP contribution in [0, 0.1) is 12.8 Å². The summed E-state index contributed by atoms with van der Waals surface area (Å²) in [5.74, 6) is -0.349. The number of hydrogen-bond acceptors (Lipinski definition) is 5. The molecule has 2 aliphatic carbocycles. The van der Waals surface area contributed by atoms with E-state index in [1.165, 1.54) is 11.1 Å². The first kappa shape index (κ1) is 25.0. The quantitative estimate of drug-likeness (QED) is 0.631. The molecule has 0 amide bonds. The number of carbonyl (C=O) groups is 1. The first-order valence-corrected chi connectivity index (χ1v) is 12.4. The van der Waals surface area contributed by atoms with Crippen LogP contribution in [-0.2, 0) is 15.0 Å². The number of aliphatic imine (C=N–C) groups is 1. The van der Waals surface area contributed by atoms with Gasteiger partial charge in [0.15, 0.2) is 0 Å². The summed E-state index contributed by atoms with van der Waals surface area (Å²) in [6, 6.07) is 10.6. The number of nitrogens with zero attached hydrogens (tertiary/aromatic N) is 3. The Kier molecular flexibility index (Phi) is 8.30. The van der Waals surface area contributed by atoms with Crippen LogP contribution in [0.15, 0.2) is 41.5 Å². The first-order valence-electron chi connectivity index (χ1n) is 12.4. The molecule has 3 aliphatic rings. The van der Waals surface area contributed by atoms with Crippen molar-refractivity contribution in [3.8, 4) is 0 Å². The van der Waals surface area contributed by atoms with E-state index in [1.54, 1.807) is 6.20 Å². The van der Waals surface area contributed by atoms with Crippen LogP contribution in [-0.4, -0.2) is 32.9 Å². The monoisotopic (exact) mass is 454 g/mol. The van der Waals surface area contributed by atoms with Gasteiger partial charge in [0.2, 0.25) is 0 Å². The summed E-state index contributed by atoms with van der Waals surface area (Å²) in [6.07, 6.45) is 6.83. The predicted molar refractivity (Wildman–Crippen MR) is 130 cm³/mol. The van der Waals surface area contributed by atoms with Gasteiger partial charge in [-0.15, -0.1) is 5.48 Å². The number of aromatic nitrogens is 2. The number of carboxylic acid groups (broad SMARTS) is 1. The molecule has 7 heteroatoms. The zero-order valence-corrected chi connectivity index (χ0v) is 20.5. The highest BCUT2D eigenvalue weighted by atomic mass is 16.7. The maximum Gasteiger partial charge on any atom is 0.306 e. The van der Waals surface area contributed by atoms with E-state index in [9.17, 15) is 9.90 Å². The largest absolute Gasteiger partial charge is 0.481 e. The lowest BCUT2D eigenvalue weighted by Crippen LogP contribution is -2.34. The van der Waals surface area contributed by atoms with Gasteiger partial charge in [0.05, 0.1) is 12.0 Å². The topological polar surface area (TPSA) is 88.7 Å². The van der Waals surface area contributed by atoms with E-state index in [2.05, 4.69) is 41.8 Å². The molecule has 1 aromatic heterocycles. The molecule has 2 N–H and O–H groups in total. The van der Waals surface area contributed by atoms with E-state index in [-0.39, 0.29) is 23.5 Å². The lowest BCUT2D eigenvalue weighted by molar-refractivity contribution is -0.143. The van der Waals surface area contributed by atoms with Gasteiger partial charge >= 0.3 is 5.97 Å². The van der Waals surface area contributed by atoms with Crippen molar-refractivity contribution in [3.05, 3.63) is 53.3 Å². The Labute approximate surface area is 197 Å². The van der Waals surface area contributed by atoms with Crippen molar-refractivity contribution in [1.29, 1.82) is 0 Å². The van der Waals surface area contributed by atoms with Gasteiger partial charge in [-0.25, -0.2) is 4.99 Å². The predicted octanol–water partition coefficient (Wildman–Crippen LogP) is 5.40. The van der Waals surface area contributed by atoms with Crippen LogP contribution in [0.25, 0.3) is 0 Å². The van der Waals surface area contributed by atoms with Crippen molar-refractivity contribution in [1.82, 2.24) is 15.3 Å². The van der Waals surface area contributed by atoms with Gasteiger partial charge in [-0.05, 0) is 62.6 Å². The first-order chi connectivity index (χ1) is 16.1. The second kappa shape index (κ2) is 11.0. The molecule has 5 rings (SSSR count). The van der Waals surface area contributed by atoms with Gasteiger partial charge < -0.3 is 9.94 Å². The normalized spacial score (nSPS) is 24.9. The van der Waals surface area contributed by atoms with Gasteiger partial charge in [0, 0.05) is 11.6 Å². The molecular weight excluding hydrogens is 416 g/mol.